The summed E-state index contributed by atoms with van der Waals surface area (Å²) in [6.45, 7) is 1.88. The molecule has 5 nitrogen and oxygen atoms in total. The second kappa shape index (κ2) is 3.52. The van der Waals surface area contributed by atoms with Crippen molar-refractivity contribution >= 4 is 16.9 Å². The molecule has 0 aliphatic rings. The van der Waals surface area contributed by atoms with Gasteiger partial charge in [0.15, 0.2) is 0 Å². The number of hydrogen-bond acceptors (Lipinski definition) is 3. The summed E-state index contributed by atoms with van der Waals surface area (Å²) in [5, 5.41) is 14.1. The van der Waals surface area contributed by atoms with E-state index in [0.29, 0.717) is 5.75 Å². The largest absolute Gasteiger partial charge is 0.495 e. The highest BCUT2D eigenvalue weighted by atomic mass is 16.5. The molecule has 1 aromatic heterocycles. The molecule has 0 spiro atoms. The van der Waals surface area contributed by atoms with E-state index in [1.165, 1.54) is 13.2 Å². The van der Waals surface area contributed by atoms with Gasteiger partial charge in [0, 0.05) is 12.7 Å². The molecule has 0 aliphatic heterocycles. The monoisotopic (exact) mass is 220 g/mol. The van der Waals surface area contributed by atoms with E-state index in [-0.39, 0.29) is 5.56 Å². The number of fused-ring (bicyclic) bond motifs is 1. The second-order valence-electron chi connectivity index (χ2n) is 3.55. The Bertz CT molecular complexity index is 572. The summed E-state index contributed by atoms with van der Waals surface area (Å²) in [6, 6.07) is 3.20. The fourth-order valence-electron chi connectivity index (χ4n) is 1.78. The molecule has 2 aromatic rings. The average molecular weight is 220 g/mol. The highest BCUT2D eigenvalue weighted by Crippen LogP contribution is 2.31. The summed E-state index contributed by atoms with van der Waals surface area (Å²) in [5.41, 5.74) is 1.78. The molecule has 0 bridgehead atoms. The van der Waals surface area contributed by atoms with Crippen LogP contribution in [0.2, 0.25) is 0 Å². The summed E-state index contributed by atoms with van der Waals surface area (Å²) < 4.78 is 6.89. The van der Waals surface area contributed by atoms with Crippen LogP contribution in [0.25, 0.3) is 10.9 Å². The summed E-state index contributed by atoms with van der Waals surface area (Å²) in [7, 11) is 3.28. The van der Waals surface area contributed by atoms with E-state index in [0.717, 1.165) is 16.6 Å². The number of carboxylic acid groups (broad SMARTS) is 1. The van der Waals surface area contributed by atoms with Crippen molar-refractivity contribution in [3.63, 3.8) is 0 Å². The minimum atomic E-state index is -0.998. The summed E-state index contributed by atoms with van der Waals surface area (Å²) in [5.74, 6) is -0.627. The number of aromatic nitrogens is 2. The minimum absolute atomic E-state index is 0.158. The van der Waals surface area contributed by atoms with Crippen LogP contribution in [0.4, 0.5) is 0 Å². The maximum Gasteiger partial charge on any atom is 0.339 e. The van der Waals surface area contributed by atoms with Crippen molar-refractivity contribution in [1.29, 1.82) is 0 Å². The molecule has 0 unspecified atom stereocenters. The van der Waals surface area contributed by atoms with Gasteiger partial charge in [0.1, 0.15) is 11.3 Å². The van der Waals surface area contributed by atoms with Crippen LogP contribution in [-0.4, -0.2) is 28.0 Å². The van der Waals surface area contributed by atoms with Crippen LogP contribution >= 0.6 is 0 Å². The van der Waals surface area contributed by atoms with Gasteiger partial charge in [0.25, 0.3) is 0 Å². The van der Waals surface area contributed by atoms with Gasteiger partial charge in [-0.3, -0.25) is 4.68 Å². The zero-order valence-corrected chi connectivity index (χ0v) is 9.31. The van der Waals surface area contributed by atoms with Gasteiger partial charge in [0.05, 0.1) is 18.0 Å². The van der Waals surface area contributed by atoms with E-state index in [1.54, 1.807) is 10.7 Å². The first-order chi connectivity index (χ1) is 7.56. The molecule has 2 rings (SSSR count). The Balaban J connectivity index is 2.89. The van der Waals surface area contributed by atoms with Gasteiger partial charge < -0.3 is 9.84 Å². The van der Waals surface area contributed by atoms with Crippen molar-refractivity contribution < 1.29 is 14.6 Å². The Hall–Kier alpha value is -2.04. The van der Waals surface area contributed by atoms with Crippen LogP contribution in [0.15, 0.2) is 12.1 Å². The van der Waals surface area contributed by atoms with Crippen molar-refractivity contribution in [2.45, 2.75) is 6.92 Å². The molecule has 0 fully saturated rings. The molecular formula is C11H12N2O3. The quantitative estimate of drug-likeness (QED) is 0.834. The smallest absolute Gasteiger partial charge is 0.339 e. The van der Waals surface area contributed by atoms with Gasteiger partial charge in [-0.2, -0.15) is 5.10 Å². The number of benzene rings is 1. The molecule has 84 valence electrons. The van der Waals surface area contributed by atoms with Crippen LogP contribution < -0.4 is 4.74 Å². The first-order valence-corrected chi connectivity index (χ1v) is 4.80. The number of aromatic carboxylic acids is 1. The van der Waals surface area contributed by atoms with Gasteiger partial charge in [-0.1, -0.05) is 0 Å². The van der Waals surface area contributed by atoms with E-state index in [9.17, 15) is 4.79 Å². The van der Waals surface area contributed by atoms with E-state index in [1.807, 2.05) is 14.0 Å². The molecule has 1 heterocycles. The fraction of sp³-hybridized carbons (Fsp3) is 0.273. The molecule has 1 N–H and O–H groups in total. The SMILES string of the molecule is COc1c(C(=O)O)ccc2nn(C)c(C)c12. The molecule has 0 saturated heterocycles. The zero-order chi connectivity index (χ0) is 11.9. The number of ether oxygens (including phenoxy) is 1. The predicted octanol–water partition coefficient (Wildman–Crippen LogP) is 1.59. The van der Waals surface area contributed by atoms with E-state index < -0.39 is 5.97 Å². The van der Waals surface area contributed by atoms with Gasteiger partial charge in [0.2, 0.25) is 0 Å². The molecule has 0 amide bonds. The van der Waals surface area contributed by atoms with Crippen LogP contribution in [0.5, 0.6) is 5.75 Å². The number of carboxylic acids is 1. The summed E-state index contributed by atoms with van der Waals surface area (Å²) >= 11 is 0. The number of hydrogen-bond donors (Lipinski definition) is 1. The minimum Gasteiger partial charge on any atom is -0.495 e. The van der Waals surface area contributed by atoms with Gasteiger partial charge in [-0.05, 0) is 19.1 Å². The fourth-order valence-corrected chi connectivity index (χ4v) is 1.78. The van der Waals surface area contributed by atoms with Crippen LogP contribution in [0, 0.1) is 6.92 Å². The topological polar surface area (TPSA) is 64.3 Å². The number of methoxy groups -OCH3 is 1. The highest BCUT2D eigenvalue weighted by molar-refractivity contribution is 6.00. The van der Waals surface area contributed by atoms with E-state index in [4.69, 9.17) is 9.84 Å². The second-order valence-corrected chi connectivity index (χ2v) is 3.55. The maximum absolute atomic E-state index is 11.0. The lowest BCUT2D eigenvalue weighted by atomic mass is 10.1. The average Bonchev–Trinajstić information content (AvgIpc) is 2.53. The molecule has 0 saturated carbocycles. The lowest BCUT2D eigenvalue weighted by Gasteiger charge is -2.06. The molecule has 0 aliphatic carbocycles. The third-order valence-corrected chi connectivity index (χ3v) is 2.68. The van der Waals surface area contributed by atoms with E-state index >= 15 is 0 Å². The van der Waals surface area contributed by atoms with Gasteiger partial charge >= 0.3 is 5.97 Å². The Labute approximate surface area is 92.2 Å². The maximum atomic E-state index is 11.0. The number of aryl methyl sites for hydroxylation is 2. The Kier molecular flexibility index (Phi) is 2.30. The van der Waals surface area contributed by atoms with Crippen molar-refractivity contribution in [1.82, 2.24) is 9.78 Å². The van der Waals surface area contributed by atoms with Gasteiger partial charge in [-0.15, -0.1) is 0 Å². The van der Waals surface area contributed by atoms with Crippen LogP contribution in [0.3, 0.4) is 0 Å². The van der Waals surface area contributed by atoms with Crippen LogP contribution in [0.1, 0.15) is 16.1 Å². The number of carbonyl (C=O) groups is 1. The molecular weight excluding hydrogens is 208 g/mol. The van der Waals surface area contributed by atoms with Gasteiger partial charge in [-0.25, -0.2) is 4.79 Å². The summed E-state index contributed by atoms with van der Waals surface area (Å²) in [6.07, 6.45) is 0. The molecule has 0 atom stereocenters. The first kappa shape index (κ1) is 10.5. The Morgan fingerprint density at radius 3 is 2.75 bits per heavy atom. The third-order valence-electron chi connectivity index (χ3n) is 2.68. The molecule has 16 heavy (non-hydrogen) atoms. The molecule has 5 heteroatoms. The van der Waals surface area contributed by atoms with E-state index in [2.05, 4.69) is 5.10 Å². The number of nitrogens with zero attached hydrogens (tertiary/aromatic N) is 2. The van der Waals surface area contributed by atoms with Crippen molar-refractivity contribution in [2.75, 3.05) is 7.11 Å². The highest BCUT2D eigenvalue weighted by Gasteiger charge is 2.18. The zero-order valence-electron chi connectivity index (χ0n) is 9.31. The number of rotatable bonds is 2. The van der Waals surface area contributed by atoms with Crippen molar-refractivity contribution in [3.8, 4) is 5.75 Å². The summed E-state index contributed by atoms with van der Waals surface area (Å²) in [4.78, 5) is 11.0. The van der Waals surface area contributed by atoms with Crippen LogP contribution in [-0.2, 0) is 7.05 Å². The Morgan fingerprint density at radius 1 is 1.50 bits per heavy atom. The predicted molar refractivity (Wildman–Crippen MR) is 59.0 cm³/mol. The molecule has 1 aromatic carbocycles. The normalized spacial score (nSPS) is 10.7. The van der Waals surface area contributed by atoms with Crippen molar-refractivity contribution in [3.05, 3.63) is 23.4 Å². The molecule has 0 radical (unpaired) electrons. The first-order valence-electron chi connectivity index (χ1n) is 4.80. The lowest BCUT2D eigenvalue weighted by Crippen LogP contribution is -2.00. The van der Waals surface area contributed by atoms with Crippen molar-refractivity contribution in [2.24, 2.45) is 7.05 Å². The standard InChI is InChI=1S/C11H12N2O3/c1-6-9-8(12-13(6)2)5-4-7(11(14)15)10(9)16-3/h4-5H,1-3H3,(H,14,15). The lowest BCUT2D eigenvalue weighted by molar-refractivity contribution is 0.0693. The Morgan fingerprint density at radius 2 is 2.19 bits per heavy atom. The third kappa shape index (κ3) is 1.32.